The van der Waals surface area contributed by atoms with Crippen LogP contribution >= 0.6 is 0 Å². The van der Waals surface area contributed by atoms with Crippen molar-refractivity contribution in [2.24, 2.45) is 5.92 Å². The van der Waals surface area contributed by atoms with E-state index < -0.39 is 11.9 Å². The average molecular weight is 452 g/mol. The van der Waals surface area contributed by atoms with Crippen LogP contribution in [0.15, 0.2) is 91.0 Å². The number of ether oxygens (including phenoxy) is 1. The molecule has 0 aliphatic heterocycles. The topological polar surface area (TPSA) is 70.3 Å². The Balaban J connectivity index is 0.000000751. The van der Waals surface area contributed by atoms with Crippen LogP contribution in [0.5, 0.6) is 11.5 Å². The maximum atomic E-state index is 11.5. The molecule has 0 spiro atoms. The molecular weight excluding hydrogens is 422 g/mol. The molecule has 0 radical (unpaired) electrons. The predicted octanol–water partition coefficient (Wildman–Crippen LogP) is 7.58. The summed E-state index contributed by atoms with van der Waals surface area (Å²) in [4.78, 5) is 11.5. The van der Waals surface area contributed by atoms with E-state index in [-0.39, 0.29) is 6.42 Å². The van der Waals surface area contributed by atoms with Gasteiger partial charge in [0.15, 0.2) is 0 Å². The van der Waals surface area contributed by atoms with E-state index in [0.29, 0.717) is 17.1 Å². The summed E-state index contributed by atoms with van der Waals surface area (Å²) in [5, 5.41) is 21.3. The zero-order chi connectivity index (χ0) is 24.5. The van der Waals surface area contributed by atoms with Gasteiger partial charge in [0, 0.05) is 0 Å². The number of nitriles is 1. The van der Waals surface area contributed by atoms with E-state index in [1.807, 2.05) is 84.9 Å². The number of fused-ring (bicyclic) bond motifs is 1. The molecule has 0 fully saturated rings. The van der Waals surface area contributed by atoms with E-state index >= 15 is 0 Å². The van der Waals surface area contributed by atoms with Crippen molar-refractivity contribution in [1.82, 2.24) is 0 Å². The molecule has 0 aliphatic carbocycles. The minimum absolute atomic E-state index is 0.140. The van der Waals surface area contributed by atoms with Crippen LogP contribution in [0.2, 0.25) is 0 Å². The zero-order valence-corrected chi connectivity index (χ0v) is 19.7. The minimum atomic E-state index is -0.926. The van der Waals surface area contributed by atoms with Gasteiger partial charge in [0.2, 0.25) is 0 Å². The van der Waals surface area contributed by atoms with E-state index in [9.17, 15) is 15.2 Å². The lowest BCUT2D eigenvalue weighted by Gasteiger charge is -2.18. The number of nitrogens with zero attached hydrogens (tertiary/aromatic N) is 1. The molecular formula is C30H29NO3. The fraction of sp³-hybridized carbons (Fsp3) is 0.200. The lowest BCUT2D eigenvalue weighted by atomic mass is 9.84. The Morgan fingerprint density at radius 1 is 0.882 bits per heavy atom. The van der Waals surface area contributed by atoms with Crippen molar-refractivity contribution < 1.29 is 14.6 Å². The second-order valence-electron chi connectivity index (χ2n) is 8.71. The quantitative estimate of drug-likeness (QED) is 0.328. The zero-order valence-electron chi connectivity index (χ0n) is 19.7. The van der Waals surface area contributed by atoms with Crippen LogP contribution in [-0.4, -0.2) is 11.1 Å². The Labute approximate surface area is 201 Å². The highest BCUT2D eigenvalue weighted by Crippen LogP contribution is 2.35. The lowest BCUT2D eigenvalue weighted by Crippen LogP contribution is -2.08. The van der Waals surface area contributed by atoms with Crippen LogP contribution < -0.4 is 4.74 Å². The van der Waals surface area contributed by atoms with Gasteiger partial charge in [-0.1, -0.05) is 87.5 Å². The number of aliphatic carboxylic acids is 1. The van der Waals surface area contributed by atoms with Gasteiger partial charge in [-0.05, 0) is 57.6 Å². The highest BCUT2D eigenvalue weighted by atomic mass is 16.5. The number of rotatable bonds is 6. The first-order chi connectivity index (χ1) is 16.4. The van der Waals surface area contributed by atoms with Crippen molar-refractivity contribution in [3.8, 4) is 17.6 Å². The second kappa shape index (κ2) is 11.7. The maximum absolute atomic E-state index is 11.5. The largest absolute Gasteiger partial charge is 0.481 e. The third-order valence-corrected chi connectivity index (χ3v) is 4.99. The molecule has 4 nitrogen and oxygen atoms in total. The summed E-state index contributed by atoms with van der Waals surface area (Å²) < 4.78 is 5.93. The van der Waals surface area contributed by atoms with Gasteiger partial charge >= 0.3 is 5.97 Å². The summed E-state index contributed by atoms with van der Waals surface area (Å²) in [6, 6.07) is 30.7. The summed E-state index contributed by atoms with van der Waals surface area (Å²) in [7, 11) is 0. The molecule has 1 unspecified atom stereocenters. The van der Waals surface area contributed by atoms with Gasteiger partial charge in [-0.15, -0.1) is 0 Å². The number of hydrogen-bond acceptors (Lipinski definition) is 3. The van der Waals surface area contributed by atoms with E-state index in [2.05, 4.69) is 26.8 Å². The summed E-state index contributed by atoms with van der Waals surface area (Å²) >= 11 is 0. The first-order valence-electron chi connectivity index (χ1n) is 11.3. The molecule has 0 aliphatic rings. The number of hydrogen-bond donors (Lipinski definition) is 1. The molecule has 0 heterocycles. The molecule has 0 amide bonds. The van der Waals surface area contributed by atoms with Crippen molar-refractivity contribution in [2.75, 3.05) is 0 Å². The normalized spacial score (nSPS) is 11.3. The van der Waals surface area contributed by atoms with Gasteiger partial charge in [0.25, 0.3) is 0 Å². The highest BCUT2D eigenvalue weighted by molar-refractivity contribution is 5.89. The Morgan fingerprint density at radius 2 is 1.53 bits per heavy atom. The predicted molar refractivity (Wildman–Crippen MR) is 136 cm³/mol. The first kappa shape index (κ1) is 24.5. The maximum Gasteiger partial charge on any atom is 0.307 e. The van der Waals surface area contributed by atoms with Gasteiger partial charge in [0.1, 0.15) is 11.5 Å². The van der Waals surface area contributed by atoms with Crippen LogP contribution in [0.4, 0.5) is 0 Å². The summed E-state index contributed by atoms with van der Waals surface area (Å²) in [5.74, 6) is 0.619. The highest BCUT2D eigenvalue weighted by Gasteiger charge is 2.22. The Hall–Kier alpha value is -4.10. The number of para-hydroxylation sites is 1. The number of carboxylic acids is 1. The van der Waals surface area contributed by atoms with Gasteiger partial charge in [-0.2, -0.15) is 5.26 Å². The molecule has 0 saturated heterocycles. The Kier molecular flexibility index (Phi) is 8.43. The molecule has 34 heavy (non-hydrogen) atoms. The second-order valence-corrected chi connectivity index (χ2v) is 8.71. The van der Waals surface area contributed by atoms with Crippen LogP contribution in [-0.2, 0) is 11.2 Å². The van der Waals surface area contributed by atoms with Crippen LogP contribution in [0.25, 0.3) is 10.8 Å². The number of benzene rings is 4. The average Bonchev–Trinajstić information content (AvgIpc) is 2.81. The van der Waals surface area contributed by atoms with E-state index in [1.165, 1.54) is 0 Å². The molecule has 0 bridgehead atoms. The van der Waals surface area contributed by atoms with E-state index in [1.54, 1.807) is 6.07 Å². The van der Waals surface area contributed by atoms with Crippen molar-refractivity contribution in [3.05, 3.63) is 108 Å². The van der Waals surface area contributed by atoms with Crippen molar-refractivity contribution >= 4 is 16.7 Å². The summed E-state index contributed by atoms with van der Waals surface area (Å²) in [6.45, 7) is 6.50. The summed E-state index contributed by atoms with van der Waals surface area (Å²) in [6.07, 6.45) is -0.140. The van der Waals surface area contributed by atoms with Crippen molar-refractivity contribution in [2.45, 2.75) is 33.1 Å². The fourth-order valence-corrected chi connectivity index (χ4v) is 3.69. The molecule has 0 aromatic heterocycles. The molecule has 4 aromatic carbocycles. The van der Waals surface area contributed by atoms with Crippen LogP contribution in [0, 0.1) is 17.2 Å². The molecule has 1 atom stereocenters. The third kappa shape index (κ3) is 6.46. The molecule has 172 valence electrons. The monoisotopic (exact) mass is 451 g/mol. The lowest BCUT2D eigenvalue weighted by molar-refractivity contribution is -0.136. The first-order valence-corrected chi connectivity index (χ1v) is 11.3. The van der Waals surface area contributed by atoms with E-state index in [4.69, 9.17) is 4.74 Å². The van der Waals surface area contributed by atoms with Gasteiger partial charge in [-0.3, -0.25) is 4.79 Å². The molecule has 4 heteroatoms. The van der Waals surface area contributed by atoms with Crippen molar-refractivity contribution in [1.29, 1.82) is 5.26 Å². The fourth-order valence-electron chi connectivity index (χ4n) is 3.69. The Morgan fingerprint density at radius 3 is 2.21 bits per heavy atom. The molecule has 0 saturated carbocycles. The SMILES string of the molecule is CC(C)C.N#CC(c1cccc(Oc2ccccc2)c1)c1c(CC(=O)O)ccc2ccccc12. The molecule has 4 aromatic rings. The van der Waals surface area contributed by atoms with E-state index in [0.717, 1.165) is 27.8 Å². The number of carboxylic acid groups (broad SMARTS) is 1. The molecule has 4 rings (SSSR count). The van der Waals surface area contributed by atoms with Crippen LogP contribution in [0.1, 0.15) is 43.4 Å². The minimum Gasteiger partial charge on any atom is -0.481 e. The third-order valence-electron chi connectivity index (χ3n) is 4.99. The smallest absolute Gasteiger partial charge is 0.307 e. The van der Waals surface area contributed by atoms with Crippen LogP contribution in [0.3, 0.4) is 0 Å². The molecule has 1 N–H and O–H groups in total. The van der Waals surface area contributed by atoms with Gasteiger partial charge in [0.05, 0.1) is 18.4 Å². The number of carbonyl (C=O) groups is 1. The Bertz CT molecular complexity index is 1290. The van der Waals surface area contributed by atoms with Crippen molar-refractivity contribution in [3.63, 3.8) is 0 Å². The van der Waals surface area contributed by atoms with Gasteiger partial charge < -0.3 is 9.84 Å². The standard InChI is InChI=1S/C26H19NO3.C4H10/c27-17-24(19-8-6-11-22(15-19)30-21-9-2-1-3-10-21)26-20(16-25(28)29)14-13-18-7-4-5-12-23(18)26;1-4(2)3/h1-15,24H,16H2,(H,28,29);4H,1-3H3. The van der Waals surface area contributed by atoms with Gasteiger partial charge in [-0.25, -0.2) is 0 Å². The summed E-state index contributed by atoms with van der Waals surface area (Å²) in [5.41, 5.74) is 2.13.